The number of nitrogen functional groups attached to an aromatic ring is 1. The Labute approximate surface area is 131 Å². The van der Waals surface area contributed by atoms with Crippen molar-refractivity contribution >= 4 is 23.2 Å². The summed E-state index contributed by atoms with van der Waals surface area (Å²) in [6.45, 7) is 0.892. The van der Waals surface area contributed by atoms with Crippen molar-refractivity contribution in [3.63, 3.8) is 0 Å². The molecule has 0 bridgehead atoms. The SMILES string of the molecule is COc1ncnc(Sc2c(F)c(F)c(F)c(F)c2C(C)=O)c1N. The van der Waals surface area contributed by atoms with Gasteiger partial charge in [0.25, 0.3) is 0 Å². The first-order valence-electron chi connectivity index (χ1n) is 5.98. The van der Waals surface area contributed by atoms with E-state index in [9.17, 15) is 22.4 Å². The number of aromatic nitrogens is 2. The molecular weight excluding hydrogens is 338 g/mol. The van der Waals surface area contributed by atoms with Crippen LogP contribution in [0.2, 0.25) is 0 Å². The molecule has 0 aliphatic carbocycles. The zero-order chi connectivity index (χ0) is 17.3. The average Bonchev–Trinajstić information content (AvgIpc) is 2.52. The molecule has 0 saturated carbocycles. The molecule has 5 nitrogen and oxygen atoms in total. The van der Waals surface area contributed by atoms with E-state index in [2.05, 4.69) is 9.97 Å². The van der Waals surface area contributed by atoms with Crippen LogP contribution in [0.3, 0.4) is 0 Å². The predicted octanol–water partition coefficient (Wildman–Crippen LogP) is 2.98. The molecule has 1 heterocycles. The van der Waals surface area contributed by atoms with E-state index in [0.29, 0.717) is 11.8 Å². The van der Waals surface area contributed by atoms with Gasteiger partial charge in [0.2, 0.25) is 5.88 Å². The second kappa shape index (κ2) is 6.41. The fourth-order valence-corrected chi connectivity index (χ4v) is 2.73. The summed E-state index contributed by atoms with van der Waals surface area (Å²) >= 11 is 0.364. The number of nitrogens with two attached hydrogens (primary N) is 1. The number of carbonyl (C=O) groups excluding carboxylic acids is 1. The van der Waals surface area contributed by atoms with Crippen LogP contribution in [0.5, 0.6) is 5.88 Å². The molecule has 0 aliphatic heterocycles. The summed E-state index contributed by atoms with van der Waals surface area (Å²) in [5.41, 5.74) is 4.63. The molecule has 2 N–H and O–H groups in total. The van der Waals surface area contributed by atoms with Gasteiger partial charge in [0.05, 0.1) is 17.6 Å². The molecule has 1 aromatic carbocycles. The zero-order valence-corrected chi connectivity index (χ0v) is 12.6. The Morgan fingerprint density at radius 2 is 1.74 bits per heavy atom. The summed E-state index contributed by atoms with van der Waals surface area (Å²) in [5.74, 6) is -8.62. The first-order valence-corrected chi connectivity index (χ1v) is 6.80. The summed E-state index contributed by atoms with van der Waals surface area (Å²) in [6, 6.07) is 0. The molecule has 0 amide bonds. The summed E-state index contributed by atoms with van der Waals surface area (Å²) in [6.07, 6.45) is 1.03. The second-order valence-corrected chi connectivity index (χ2v) is 5.22. The maximum atomic E-state index is 14.0. The quantitative estimate of drug-likeness (QED) is 0.301. The Balaban J connectivity index is 2.67. The van der Waals surface area contributed by atoms with Crippen molar-refractivity contribution in [2.24, 2.45) is 0 Å². The van der Waals surface area contributed by atoms with Gasteiger partial charge in [0.15, 0.2) is 29.1 Å². The number of benzene rings is 1. The molecule has 10 heteroatoms. The standard InChI is InChI=1S/C13H9F4N3O2S/c1-4(21)5-6(14)7(15)8(16)9(17)11(5)23-13-10(18)12(22-2)19-3-20-13/h3H,18H2,1-2H3. The Hall–Kier alpha value is -2.36. The minimum absolute atomic E-state index is 0.0460. The Morgan fingerprint density at radius 3 is 2.30 bits per heavy atom. The number of halogens is 4. The van der Waals surface area contributed by atoms with E-state index in [1.54, 1.807) is 0 Å². The summed E-state index contributed by atoms with van der Waals surface area (Å²) in [4.78, 5) is 18.2. The lowest BCUT2D eigenvalue weighted by atomic mass is 10.1. The number of Topliss-reactive ketones (excluding diaryl/α,β-unsaturated/α-hetero) is 1. The molecule has 23 heavy (non-hydrogen) atoms. The first kappa shape index (κ1) is 17.0. The van der Waals surface area contributed by atoms with Gasteiger partial charge in [-0.2, -0.15) is 4.98 Å². The van der Waals surface area contributed by atoms with Crippen LogP contribution in [0.25, 0.3) is 0 Å². The van der Waals surface area contributed by atoms with Crippen LogP contribution >= 0.6 is 11.8 Å². The van der Waals surface area contributed by atoms with Crippen LogP contribution < -0.4 is 10.5 Å². The molecule has 0 atom stereocenters. The molecular formula is C13H9F4N3O2S. The molecule has 0 aliphatic rings. The van der Waals surface area contributed by atoms with E-state index in [1.807, 2.05) is 0 Å². The number of hydrogen-bond donors (Lipinski definition) is 1. The van der Waals surface area contributed by atoms with Gasteiger partial charge >= 0.3 is 0 Å². The van der Waals surface area contributed by atoms with E-state index in [0.717, 1.165) is 13.3 Å². The van der Waals surface area contributed by atoms with E-state index >= 15 is 0 Å². The number of nitrogens with zero attached hydrogens (tertiary/aromatic N) is 2. The number of methoxy groups -OCH3 is 1. The number of carbonyl (C=O) groups is 1. The third-order valence-electron chi connectivity index (χ3n) is 2.78. The number of ketones is 1. The summed E-state index contributed by atoms with van der Waals surface area (Å²) < 4.78 is 59.4. The molecule has 0 radical (unpaired) electrons. The van der Waals surface area contributed by atoms with Crippen LogP contribution in [0.15, 0.2) is 16.2 Å². The van der Waals surface area contributed by atoms with E-state index in [-0.39, 0.29) is 16.6 Å². The maximum Gasteiger partial charge on any atom is 0.241 e. The van der Waals surface area contributed by atoms with Gasteiger partial charge < -0.3 is 10.5 Å². The molecule has 0 fully saturated rings. The first-order chi connectivity index (χ1) is 10.8. The van der Waals surface area contributed by atoms with Crippen molar-refractivity contribution in [3.8, 4) is 5.88 Å². The highest BCUT2D eigenvalue weighted by molar-refractivity contribution is 7.99. The van der Waals surface area contributed by atoms with Crippen LogP contribution in [-0.4, -0.2) is 22.9 Å². The van der Waals surface area contributed by atoms with Gasteiger partial charge in [-0.15, -0.1) is 0 Å². The van der Waals surface area contributed by atoms with Crippen molar-refractivity contribution < 1.29 is 27.1 Å². The van der Waals surface area contributed by atoms with Crippen LogP contribution in [0, 0.1) is 23.3 Å². The van der Waals surface area contributed by atoms with Crippen molar-refractivity contribution in [2.45, 2.75) is 16.8 Å². The molecule has 122 valence electrons. The van der Waals surface area contributed by atoms with Crippen molar-refractivity contribution in [2.75, 3.05) is 12.8 Å². The highest BCUT2D eigenvalue weighted by atomic mass is 32.2. The molecule has 1 aromatic heterocycles. The fourth-order valence-electron chi connectivity index (χ4n) is 1.73. The highest BCUT2D eigenvalue weighted by Gasteiger charge is 2.29. The van der Waals surface area contributed by atoms with Crippen molar-refractivity contribution in [1.82, 2.24) is 9.97 Å². The molecule has 0 saturated heterocycles. The van der Waals surface area contributed by atoms with Crippen LogP contribution in [0.1, 0.15) is 17.3 Å². The second-order valence-electron chi connectivity index (χ2n) is 4.22. The smallest absolute Gasteiger partial charge is 0.241 e. The van der Waals surface area contributed by atoms with Crippen LogP contribution in [0.4, 0.5) is 23.2 Å². The highest BCUT2D eigenvalue weighted by Crippen LogP contribution is 2.39. The van der Waals surface area contributed by atoms with E-state index in [4.69, 9.17) is 10.5 Å². The lowest BCUT2D eigenvalue weighted by molar-refractivity contribution is 0.100. The molecule has 2 aromatic rings. The summed E-state index contributed by atoms with van der Waals surface area (Å²) in [7, 11) is 1.27. The maximum absolute atomic E-state index is 14.0. The Morgan fingerprint density at radius 1 is 1.13 bits per heavy atom. The third-order valence-corrected chi connectivity index (χ3v) is 3.89. The Bertz CT molecular complexity index is 802. The molecule has 0 unspecified atom stereocenters. The topological polar surface area (TPSA) is 78.1 Å². The van der Waals surface area contributed by atoms with Gasteiger partial charge in [-0.1, -0.05) is 11.8 Å². The van der Waals surface area contributed by atoms with Gasteiger partial charge in [-0.3, -0.25) is 4.79 Å². The zero-order valence-electron chi connectivity index (χ0n) is 11.8. The number of anilines is 1. The van der Waals surface area contributed by atoms with Crippen LogP contribution in [-0.2, 0) is 0 Å². The lowest BCUT2D eigenvalue weighted by Gasteiger charge is -2.12. The molecule has 2 rings (SSSR count). The lowest BCUT2D eigenvalue weighted by Crippen LogP contribution is -2.09. The minimum atomic E-state index is -2.06. The van der Waals surface area contributed by atoms with Crippen molar-refractivity contribution in [3.05, 3.63) is 35.2 Å². The normalized spacial score (nSPS) is 10.7. The third kappa shape index (κ3) is 2.93. The van der Waals surface area contributed by atoms with E-state index in [1.165, 1.54) is 7.11 Å². The fraction of sp³-hybridized carbons (Fsp3) is 0.154. The van der Waals surface area contributed by atoms with Gasteiger partial charge in [0.1, 0.15) is 17.0 Å². The van der Waals surface area contributed by atoms with Gasteiger partial charge in [-0.05, 0) is 6.92 Å². The number of hydrogen-bond acceptors (Lipinski definition) is 6. The van der Waals surface area contributed by atoms with Gasteiger partial charge in [-0.25, -0.2) is 22.5 Å². The Kier molecular flexibility index (Phi) is 4.73. The average molecular weight is 347 g/mol. The molecule has 0 spiro atoms. The van der Waals surface area contributed by atoms with Gasteiger partial charge in [0, 0.05) is 0 Å². The monoisotopic (exact) mass is 347 g/mol. The number of ether oxygens (including phenoxy) is 1. The van der Waals surface area contributed by atoms with E-state index < -0.39 is 39.5 Å². The minimum Gasteiger partial charge on any atom is -0.479 e. The summed E-state index contributed by atoms with van der Waals surface area (Å²) in [5, 5.41) is -0.108. The van der Waals surface area contributed by atoms with Crippen molar-refractivity contribution in [1.29, 1.82) is 0 Å². The predicted molar refractivity (Wildman–Crippen MR) is 73.4 cm³/mol. The largest absolute Gasteiger partial charge is 0.479 e. The number of rotatable bonds is 4.